The van der Waals surface area contributed by atoms with Gasteiger partial charge < -0.3 is 5.11 Å². The second kappa shape index (κ2) is 6.41. The van der Waals surface area contributed by atoms with E-state index < -0.39 is 6.10 Å². The van der Waals surface area contributed by atoms with Gasteiger partial charge in [0.15, 0.2) is 0 Å². The second-order valence-corrected chi connectivity index (χ2v) is 5.70. The van der Waals surface area contributed by atoms with E-state index in [1.807, 2.05) is 6.07 Å². The number of hydrogen-bond donors (Lipinski definition) is 1. The molecule has 1 aromatic carbocycles. The molecule has 0 aromatic heterocycles. The smallest absolute Gasteiger partial charge is 0.126 e. The molecule has 1 aromatic rings. The summed E-state index contributed by atoms with van der Waals surface area (Å²) >= 11 is 1.70. The number of halogens is 1. The van der Waals surface area contributed by atoms with Crippen molar-refractivity contribution < 1.29 is 9.50 Å². The van der Waals surface area contributed by atoms with E-state index in [1.54, 1.807) is 25.6 Å². The lowest BCUT2D eigenvalue weighted by Crippen LogP contribution is -2.00. The molecule has 0 bridgehead atoms. The first-order valence-corrected chi connectivity index (χ1v) is 7.05. The Morgan fingerprint density at radius 2 is 2.00 bits per heavy atom. The number of rotatable bonds is 5. The Labute approximate surface area is 107 Å². The molecular formula is C14H21FOS. The van der Waals surface area contributed by atoms with Crippen LogP contribution < -0.4 is 0 Å². The van der Waals surface area contributed by atoms with Crippen LogP contribution in [0.15, 0.2) is 17.0 Å². The van der Waals surface area contributed by atoms with Crippen LogP contribution in [0.25, 0.3) is 0 Å². The molecule has 2 unspecified atom stereocenters. The van der Waals surface area contributed by atoms with Gasteiger partial charge in [-0.05, 0) is 43.0 Å². The van der Waals surface area contributed by atoms with Crippen molar-refractivity contribution in [3.05, 3.63) is 29.1 Å². The van der Waals surface area contributed by atoms with E-state index in [-0.39, 0.29) is 5.82 Å². The number of aryl methyl sites for hydroxylation is 1. The summed E-state index contributed by atoms with van der Waals surface area (Å²) in [7, 11) is 0. The summed E-state index contributed by atoms with van der Waals surface area (Å²) in [5.41, 5.74) is 1.34. The minimum Gasteiger partial charge on any atom is -0.389 e. The predicted molar refractivity (Wildman–Crippen MR) is 71.9 cm³/mol. The van der Waals surface area contributed by atoms with E-state index in [0.717, 1.165) is 17.1 Å². The summed E-state index contributed by atoms with van der Waals surface area (Å²) < 4.78 is 13.5. The van der Waals surface area contributed by atoms with Gasteiger partial charge in [0.1, 0.15) is 5.82 Å². The van der Waals surface area contributed by atoms with Crippen molar-refractivity contribution in [1.29, 1.82) is 0 Å². The molecule has 0 saturated heterocycles. The molecule has 0 spiro atoms. The van der Waals surface area contributed by atoms with Crippen molar-refractivity contribution in [3.63, 3.8) is 0 Å². The van der Waals surface area contributed by atoms with Gasteiger partial charge in [-0.2, -0.15) is 0 Å². The standard InChI is InChI=1S/C14H21FOS/c1-5-9(2)8-17-14-6-10(3)13(15)7-12(14)11(4)16/h6-7,9,11,16H,5,8H2,1-4H3. The molecule has 0 radical (unpaired) electrons. The topological polar surface area (TPSA) is 20.2 Å². The number of aliphatic hydroxyl groups excluding tert-OH is 1. The molecule has 1 nitrogen and oxygen atoms in total. The van der Waals surface area contributed by atoms with Gasteiger partial charge in [-0.25, -0.2) is 4.39 Å². The third-order valence-corrected chi connectivity index (χ3v) is 4.36. The number of thioether (sulfide) groups is 1. The zero-order valence-corrected chi connectivity index (χ0v) is 11.8. The molecule has 3 heteroatoms. The first-order valence-electron chi connectivity index (χ1n) is 6.06. The summed E-state index contributed by atoms with van der Waals surface area (Å²) in [5.74, 6) is 1.39. The Morgan fingerprint density at radius 3 is 2.53 bits per heavy atom. The average Bonchev–Trinajstić information content (AvgIpc) is 2.29. The van der Waals surface area contributed by atoms with Crippen molar-refractivity contribution >= 4 is 11.8 Å². The van der Waals surface area contributed by atoms with Crippen molar-refractivity contribution in [3.8, 4) is 0 Å². The van der Waals surface area contributed by atoms with E-state index >= 15 is 0 Å². The first kappa shape index (κ1) is 14.5. The summed E-state index contributed by atoms with van der Waals surface area (Å²) in [4.78, 5) is 0.999. The molecule has 96 valence electrons. The summed E-state index contributed by atoms with van der Waals surface area (Å²) in [6, 6.07) is 3.30. The molecule has 0 amide bonds. The quantitative estimate of drug-likeness (QED) is 0.791. The molecule has 2 atom stereocenters. The van der Waals surface area contributed by atoms with Crippen LogP contribution in [0.5, 0.6) is 0 Å². The molecule has 0 heterocycles. The van der Waals surface area contributed by atoms with Crippen molar-refractivity contribution in [1.82, 2.24) is 0 Å². The van der Waals surface area contributed by atoms with Crippen molar-refractivity contribution in [2.45, 2.75) is 45.1 Å². The Bertz CT molecular complexity index is 377. The van der Waals surface area contributed by atoms with E-state index in [2.05, 4.69) is 13.8 Å². The molecule has 1 rings (SSSR count). The number of benzene rings is 1. The maximum absolute atomic E-state index is 13.5. The van der Waals surface area contributed by atoms with Gasteiger partial charge in [0, 0.05) is 10.6 Å². The van der Waals surface area contributed by atoms with Gasteiger partial charge >= 0.3 is 0 Å². The minimum absolute atomic E-state index is 0.242. The normalized spacial score (nSPS) is 14.7. The van der Waals surface area contributed by atoms with Gasteiger partial charge in [0.05, 0.1) is 6.10 Å². The fourth-order valence-corrected chi connectivity index (χ4v) is 2.83. The minimum atomic E-state index is -0.621. The molecule has 0 aliphatic rings. The Kier molecular flexibility index (Phi) is 5.47. The summed E-state index contributed by atoms with van der Waals surface area (Å²) in [5, 5.41) is 9.66. The van der Waals surface area contributed by atoms with Crippen LogP contribution in [0.4, 0.5) is 4.39 Å². The maximum Gasteiger partial charge on any atom is 0.126 e. The third kappa shape index (κ3) is 4.00. The highest BCUT2D eigenvalue weighted by Gasteiger charge is 2.13. The Hall–Kier alpha value is -0.540. The molecule has 1 N–H and O–H groups in total. The Morgan fingerprint density at radius 1 is 1.35 bits per heavy atom. The number of aliphatic hydroxyl groups is 1. The largest absolute Gasteiger partial charge is 0.389 e. The average molecular weight is 256 g/mol. The van der Waals surface area contributed by atoms with E-state index in [4.69, 9.17) is 0 Å². The zero-order chi connectivity index (χ0) is 13.0. The lowest BCUT2D eigenvalue weighted by atomic mass is 10.1. The monoisotopic (exact) mass is 256 g/mol. The highest BCUT2D eigenvalue weighted by Crippen LogP contribution is 2.31. The molecule has 0 saturated carbocycles. The fraction of sp³-hybridized carbons (Fsp3) is 0.571. The van der Waals surface area contributed by atoms with E-state index in [0.29, 0.717) is 17.0 Å². The van der Waals surface area contributed by atoms with Gasteiger partial charge in [-0.3, -0.25) is 0 Å². The van der Waals surface area contributed by atoms with Gasteiger partial charge in [0.2, 0.25) is 0 Å². The van der Waals surface area contributed by atoms with Gasteiger partial charge in [-0.15, -0.1) is 11.8 Å². The second-order valence-electron chi connectivity index (χ2n) is 4.64. The van der Waals surface area contributed by atoms with Crippen molar-refractivity contribution in [2.24, 2.45) is 5.92 Å². The van der Waals surface area contributed by atoms with Crippen LogP contribution in [0.3, 0.4) is 0 Å². The van der Waals surface area contributed by atoms with E-state index in [9.17, 15) is 9.50 Å². The highest BCUT2D eigenvalue weighted by molar-refractivity contribution is 7.99. The van der Waals surface area contributed by atoms with Crippen molar-refractivity contribution in [2.75, 3.05) is 5.75 Å². The van der Waals surface area contributed by atoms with Gasteiger partial charge in [0.25, 0.3) is 0 Å². The fourth-order valence-electron chi connectivity index (χ4n) is 1.47. The van der Waals surface area contributed by atoms with Crippen LogP contribution >= 0.6 is 11.8 Å². The van der Waals surface area contributed by atoms with Gasteiger partial charge in [-0.1, -0.05) is 20.3 Å². The number of hydrogen-bond acceptors (Lipinski definition) is 2. The third-order valence-electron chi connectivity index (χ3n) is 2.96. The predicted octanol–water partition coefficient (Wildman–Crippen LogP) is 4.33. The zero-order valence-electron chi connectivity index (χ0n) is 11.0. The van der Waals surface area contributed by atoms with Crippen LogP contribution in [0.2, 0.25) is 0 Å². The van der Waals surface area contributed by atoms with Crippen LogP contribution in [-0.2, 0) is 0 Å². The summed E-state index contributed by atoms with van der Waals surface area (Å²) in [6.45, 7) is 7.80. The lowest BCUT2D eigenvalue weighted by molar-refractivity contribution is 0.196. The first-order chi connectivity index (χ1) is 7.95. The maximum atomic E-state index is 13.5. The SMILES string of the molecule is CCC(C)CSc1cc(C)c(F)cc1C(C)O. The van der Waals surface area contributed by atoms with Crippen LogP contribution in [0.1, 0.15) is 44.4 Å². The molecule has 0 fully saturated rings. The molecular weight excluding hydrogens is 235 g/mol. The lowest BCUT2D eigenvalue weighted by Gasteiger charge is -2.15. The van der Waals surface area contributed by atoms with Crippen LogP contribution in [-0.4, -0.2) is 10.9 Å². The highest BCUT2D eigenvalue weighted by atomic mass is 32.2. The van der Waals surface area contributed by atoms with Crippen LogP contribution in [0, 0.1) is 18.7 Å². The Balaban J connectivity index is 2.92. The summed E-state index contributed by atoms with van der Waals surface area (Å²) in [6.07, 6.45) is 0.515. The molecule has 17 heavy (non-hydrogen) atoms. The molecule has 0 aliphatic heterocycles. The molecule has 0 aliphatic carbocycles. The van der Waals surface area contributed by atoms with E-state index in [1.165, 1.54) is 6.07 Å².